The fourth-order valence-corrected chi connectivity index (χ4v) is 4.55. The summed E-state index contributed by atoms with van der Waals surface area (Å²) in [7, 11) is -0.159. The molecule has 0 aliphatic carbocycles. The first-order valence-electron chi connectivity index (χ1n) is 7.33. The second-order valence-corrected chi connectivity index (χ2v) is 9.01. The first kappa shape index (κ1) is 16.6. The second-order valence-electron chi connectivity index (χ2n) is 5.86. The van der Waals surface area contributed by atoms with Crippen molar-refractivity contribution in [3.63, 3.8) is 0 Å². The van der Waals surface area contributed by atoms with Crippen LogP contribution in [-0.2, 0) is 14.8 Å². The number of nitrogens with zero attached hydrogens (tertiary/aromatic N) is 3. The van der Waals surface area contributed by atoms with Crippen LogP contribution in [0.25, 0.3) is 10.2 Å². The highest BCUT2D eigenvalue weighted by atomic mass is 32.2. The van der Waals surface area contributed by atoms with Crippen LogP contribution in [-0.4, -0.2) is 61.8 Å². The molecule has 1 aliphatic heterocycles. The van der Waals surface area contributed by atoms with Crippen LogP contribution in [0, 0.1) is 12.8 Å². The van der Waals surface area contributed by atoms with Crippen LogP contribution in [0.5, 0.6) is 0 Å². The summed E-state index contributed by atoms with van der Waals surface area (Å²) < 4.78 is 32.0. The van der Waals surface area contributed by atoms with Crippen molar-refractivity contribution in [2.45, 2.75) is 13.0 Å². The number of aromatic nitrogens is 2. The molecule has 23 heavy (non-hydrogen) atoms. The number of rotatable bonds is 5. The minimum Gasteiger partial charge on any atom is -0.379 e. The number of aryl methyl sites for hydroxylation is 1. The van der Waals surface area contributed by atoms with E-state index < -0.39 is 10.0 Å². The van der Waals surface area contributed by atoms with Crippen molar-refractivity contribution < 1.29 is 13.2 Å². The maximum absolute atomic E-state index is 12.1. The van der Waals surface area contributed by atoms with Crippen molar-refractivity contribution >= 4 is 37.4 Å². The van der Waals surface area contributed by atoms with Crippen molar-refractivity contribution in [3.05, 3.63) is 17.3 Å². The van der Waals surface area contributed by atoms with Crippen LogP contribution >= 0.6 is 11.3 Å². The zero-order valence-electron chi connectivity index (χ0n) is 13.3. The Hall–Kier alpha value is -1.29. The Morgan fingerprint density at radius 1 is 1.39 bits per heavy atom. The summed E-state index contributed by atoms with van der Waals surface area (Å²) in [6.45, 7) is 2.76. The predicted octanol–water partition coefficient (Wildman–Crippen LogP) is 1.32. The molecule has 126 valence electrons. The van der Waals surface area contributed by atoms with Crippen LogP contribution in [0.1, 0.15) is 5.82 Å². The average Bonchev–Trinajstić information content (AvgIpc) is 3.08. The Bertz CT molecular complexity index is 803. The Morgan fingerprint density at radius 2 is 2.17 bits per heavy atom. The molecule has 3 heterocycles. The van der Waals surface area contributed by atoms with E-state index in [1.807, 2.05) is 18.4 Å². The minimum atomic E-state index is -3.26. The fraction of sp³-hybridized carbons (Fsp3) is 0.571. The summed E-state index contributed by atoms with van der Waals surface area (Å²) in [6, 6.07) is 1.88. The van der Waals surface area contributed by atoms with Gasteiger partial charge in [-0.3, -0.25) is 0 Å². The highest BCUT2D eigenvalue weighted by molar-refractivity contribution is 7.89. The number of hydrogen-bond acceptors (Lipinski definition) is 7. The molecule has 0 aromatic carbocycles. The van der Waals surface area contributed by atoms with E-state index in [0.29, 0.717) is 19.0 Å². The van der Waals surface area contributed by atoms with Crippen molar-refractivity contribution in [1.29, 1.82) is 0 Å². The van der Waals surface area contributed by atoms with E-state index in [1.165, 1.54) is 4.31 Å². The van der Waals surface area contributed by atoms with Crippen LogP contribution in [0.4, 0.5) is 5.82 Å². The van der Waals surface area contributed by atoms with E-state index in [0.717, 1.165) is 16.0 Å². The molecule has 1 fully saturated rings. The standard InChI is InChI=1S/C14H20N4O3S2/c1-9-15-11-4-5-22-13(11)14(16-9)17-12-7-21-6-10(12)8-23(19,20)18(2)3/h4-5,10,12H,6-8H2,1-3H3,(H,15,16,17)/t10-,12-/m0/s1. The molecule has 2 atom stereocenters. The van der Waals surface area contributed by atoms with Crippen LogP contribution < -0.4 is 5.32 Å². The minimum absolute atomic E-state index is 0.0648. The highest BCUT2D eigenvalue weighted by Crippen LogP contribution is 2.28. The van der Waals surface area contributed by atoms with Crippen molar-refractivity contribution in [2.24, 2.45) is 5.92 Å². The van der Waals surface area contributed by atoms with E-state index in [4.69, 9.17) is 4.74 Å². The number of ether oxygens (including phenoxy) is 1. The third-order valence-electron chi connectivity index (χ3n) is 3.92. The lowest BCUT2D eigenvalue weighted by atomic mass is 10.1. The molecule has 1 saturated heterocycles. The first-order chi connectivity index (χ1) is 10.9. The third kappa shape index (κ3) is 3.47. The quantitative estimate of drug-likeness (QED) is 0.870. The zero-order chi connectivity index (χ0) is 16.6. The molecule has 9 heteroatoms. The topological polar surface area (TPSA) is 84.4 Å². The fourth-order valence-electron chi connectivity index (χ4n) is 2.60. The molecule has 3 rings (SSSR count). The molecular formula is C14H20N4O3S2. The Balaban J connectivity index is 1.82. The molecule has 0 unspecified atom stereocenters. The summed E-state index contributed by atoms with van der Waals surface area (Å²) >= 11 is 1.57. The van der Waals surface area contributed by atoms with Gasteiger partial charge in [0.1, 0.15) is 11.6 Å². The van der Waals surface area contributed by atoms with Gasteiger partial charge in [-0.25, -0.2) is 22.7 Å². The van der Waals surface area contributed by atoms with E-state index in [1.54, 1.807) is 25.4 Å². The van der Waals surface area contributed by atoms with Crippen molar-refractivity contribution in [3.8, 4) is 0 Å². The maximum atomic E-state index is 12.1. The monoisotopic (exact) mass is 356 g/mol. The number of nitrogens with one attached hydrogen (secondary N) is 1. The van der Waals surface area contributed by atoms with Gasteiger partial charge in [-0.2, -0.15) is 0 Å². The smallest absolute Gasteiger partial charge is 0.214 e. The molecular weight excluding hydrogens is 336 g/mol. The molecule has 2 aromatic rings. The van der Waals surface area contributed by atoms with Gasteiger partial charge >= 0.3 is 0 Å². The molecule has 0 amide bonds. The van der Waals surface area contributed by atoms with Gasteiger partial charge in [0.25, 0.3) is 0 Å². The summed E-state index contributed by atoms with van der Waals surface area (Å²) in [5, 5.41) is 5.35. The van der Waals surface area contributed by atoms with Gasteiger partial charge in [-0.05, 0) is 18.4 Å². The van der Waals surface area contributed by atoms with E-state index in [-0.39, 0.29) is 17.7 Å². The van der Waals surface area contributed by atoms with Crippen LogP contribution in [0.15, 0.2) is 11.4 Å². The number of thiophene rings is 1. The van der Waals surface area contributed by atoms with E-state index in [9.17, 15) is 8.42 Å². The van der Waals surface area contributed by atoms with Gasteiger partial charge in [0, 0.05) is 20.0 Å². The Morgan fingerprint density at radius 3 is 2.91 bits per heavy atom. The van der Waals surface area contributed by atoms with Gasteiger partial charge < -0.3 is 10.1 Å². The summed E-state index contributed by atoms with van der Waals surface area (Å²) in [5.41, 5.74) is 0.904. The lowest BCUT2D eigenvalue weighted by Crippen LogP contribution is -2.37. The SMILES string of the molecule is Cc1nc(N[C@H]2COC[C@H]2CS(=O)(=O)N(C)C)c2sccc2n1. The van der Waals surface area contributed by atoms with E-state index >= 15 is 0 Å². The molecule has 7 nitrogen and oxygen atoms in total. The molecule has 1 aliphatic rings. The summed E-state index contributed by atoms with van der Waals surface area (Å²) in [6.07, 6.45) is 0. The maximum Gasteiger partial charge on any atom is 0.214 e. The van der Waals surface area contributed by atoms with Gasteiger partial charge in [0.2, 0.25) is 10.0 Å². The highest BCUT2D eigenvalue weighted by Gasteiger charge is 2.33. The summed E-state index contributed by atoms with van der Waals surface area (Å²) in [5.74, 6) is 1.41. The van der Waals surface area contributed by atoms with Gasteiger partial charge in [0.15, 0.2) is 0 Å². The van der Waals surface area contributed by atoms with E-state index in [2.05, 4.69) is 15.3 Å². The Kier molecular flexibility index (Phi) is 4.54. The molecule has 2 aromatic heterocycles. The van der Waals surface area contributed by atoms with Crippen molar-refractivity contribution in [1.82, 2.24) is 14.3 Å². The van der Waals surface area contributed by atoms with Gasteiger partial charge in [0.05, 0.1) is 35.2 Å². The molecule has 0 bridgehead atoms. The number of sulfonamides is 1. The second kappa shape index (κ2) is 6.31. The zero-order valence-corrected chi connectivity index (χ0v) is 14.9. The lowest BCUT2D eigenvalue weighted by molar-refractivity contribution is 0.187. The average molecular weight is 356 g/mol. The van der Waals surface area contributed by atoms with Crippen LogP contribution in [0.3, 0.4) is 0 Å². The third-order valence-corrected chi connectivity index (χ3v) is 6.79. The largest absolute Gasteiger partial charge is 0.379 e. The summed E-state index contributed by atoms with van der Waals surface area (Å²) in [4.78, 5) is 8.87. The number of hydrogen-bond donors (Lipinski definition) is 1. The Labute approximate surface area is 139 Å². The molecule has 0 radical (unpaired) electrons. The molecule has 1 N–H and O–H groups in total. The predicted molar refractivity (Wildman–Crippen MR) is 91.3 cm³/mol. The van der Waals surface area contributed by atoms with Gasteiger partial charge in [-0.15, -0.1) is 11.3 Å². The molecule has 0 saturated carbocycles. The van der Waals surface area contributed by atoms with Gasteiger partial charge in [-0.1, -0.05) is 0 Å². The molecule has 0 spiro atoms. The number of fused-ring (bicyclic) bond motifs is 1. The van der Waals surface area contributed by atoms with Crippen LogP contribution in [0.2, 0.25) is 0 Å². The first-order valence-corrected chi connectivity index (χ1v) is 9.82. The number of anilines is 1. The normalized spacial score (nSPS) is 22.1. The van der Waals surface area contributed by atoms with Crippen molar-refractivity contribution in [2.75, 3.05) is 38.4 Å². The lowest BCUT2D eigenvalue weighted by Gasteiger charge is -2.21.